The van der Waals surface area contributed by atoms with Gasteiger partial charge in [-0.05, 0) is 31.1 Å². The zero-order valence-corrected chi connectivity index (χ0v) is 11.9. The Kier molecular flexibility index (Phi) is 4.22. The Bertz CT molecular complexity index is 419. The molecule has 5 heteroatoms. The first kappa shape index (κ1) is 13.3. The number of anilines is 1. The number of ether oxygens (including phenoxy) is 1. The molecular weight excluding hydrogens is 248 g/mol. The van der Waals surface area contributed by atoms with Gasteiger partial charge in [-0.25, -0.2) is 9.78 Å². The van der Waals surface area contributed by atoms with Gasteiger partial charge < -0.3 is 10.1 Å². The van der Waals surface area contributed by atoms with Gasteiger partial charge in [-0.1, -0.05) is 13.8 Å². The van der Waals surface area contributed by atoms with Gasteiger partial charge in [0.15, 0.2) is 10.8 Å². The summed E-state index contributed by atoms with van der Waals surface area (Å²) in [5.74, 6) is 1.19. The predicted molar refractivity (Wildman–Crippen MR) is 73.0 cm³/mol. The molecule has 0 aliphatic heterocycles. The molecule has 0 amide bonds. The minimum atomic E-state index is -0.370. The number of rotatable bonds is 3. The van der Waals surface area contributed by atoms with Crippen LogP contribution in [-0.2, 0) is 4.74 Å². The van der Waals surface area contributed by atoms with E-state index >= 15 is 0 Å². The molecule has 1 heterocycles. The lowest BCUT2D eigenvalue weighted by Gasteiger charge is -2.32. The van der Waals surface area contributed by atoms with Crippen LogP contribution >= 0.6 is 11.3 Å². The largest absolute Gasteiger partial charge is 0.464 e. The molecule has 0 spiro atoms. The van der Waals surface area contributed by atoms with E-state index in [1.807, 2.05) is 0 Å². The maximum absolute atomic E-state index is 11.3. The Balaban J connectivity index is 1.93. The summed E-state index contributed by atoms with van der Waals surface area (Å²) in [7, 11) is 1.37. The van der Waals surface area contributed by atoms with Gasteiger partial charge in [0.05, 0.1) is 7.11 Å². The summed E-state index contributed by atoms with van der Waals surface area (Å²) in [5.41, 5.74) is 0.391. The van der Waals surface area contributed by atoms with E-state index < -0.39 is 0 Å². The molecule has 1 fully saturated rings. The first-order valence-corrected chi connectivity index (χ1v) is 7.28. The number of aromatic nitrogens is 1. The zero-order valence-electron chi connectivity index (χ0n) is 11.1. The van der Waals surface area contributed by atoms with Gasteiger partial charge in [-0.15, -0.1) is 11.3 Å². The van der Waals surface area contributed by atoms with E-state index in [2.05, 4.69) is 28.9 Å². The van der Waals surface area contributed by atoms with Crippen molar-refractivity contribution in [3.8, 4) is 0 Å². The molecule has 1 N–H and O–H groups in total. The molecule has 1 aliphatic carbocycles. The van der Waals surface area contributed by atoms with Crippen molar-refractivity contribution < 1.29 is 9.53 Å². The van der Waals surface area contributed by atoms with Crippen molar-refractivity contribution in [2.75, 3.05) is 12.4 Å². The average Bonchev–Trinajstić information content (AvgIpc) is 2.81. The maximum Gasteiger partial charge on any atom is 0.357 e. The zero-order chi connectivity index (χ0) is 13.1. The highest BCUT2D eigenvalue weighted by atomic mass is 32.1. The SMILES string of the molecule is COC(=O)c1csc(NC2CCC(C)C(C)C2)n1. The predicted octanol–water partition coefficient (Wildman–Crippen LogP) is 3.17. The number of hydrogen-bond donors (Lipinski definition) is 1. The molecule has 100 valence electrons. The molecule has 1 aromatic heterocycles. The van der Waals surface area contributed by atoms with Crippen molar-refractivity contribution >= 4 is 22.4 Å². The summed E-state index contributed by atoms with van der Waals surface area (Å²) < 4.78 is 4.65. The molecule has 4 nitrogen and oxygen atoms in total. The third-order valence-corrected chi connectivity index (χ3v) is 4.60. The Hall–Kier alpha value is -1.10. The lowest BCUT2D eigenvalue weighted by Crippen LogP contribution is -2.30. The second-order valence-electron chi connectivity index (χ2n) is 5.14. The van der Waals surface area contributed by atoms with E-state index in [0.29, 0.717) is 11.7 Å². The smallest absolute Gasteiger partial charge is 0.357 e. The number of nitrogens with zero attached hydrogens (tertiary/aromatic N) is 1. The lowest BCUT2D eigenvalue weighted by atomic mass is 9.79. The summed E-state index contributed by atoms with van der Waals surface area (Å²) in [6, 6.07) is 0.479. The van der Waals surface area contributed by atoms with Crippen molar-refractivity contribution in [1.82, 2.24) is 4.98 Å². The molecule has 0 bridgehead atoms. The van der Waals surface area contributed by atoms with Crippen molar-refractivity contribution in [2.45, 2.75) is 39.2 Å². The quantitative estimate of drug-likeness (QED) is 0.855. The van der Waals surface area contributed by atoms with Crippen LogP contribution in [0.5, 0.6) is 0 Å². The van der Waals surface area contributed by atoms with Crippen LogP contribution in [0.1, 0.15) is 43.6 Å². The summed E-state index contributed by atoms with van der Waals surface area (Å²) in [5, 5.41) is 5.99. The molecule has 3 unspecified atom stereocenters. The van der Waals surface area contributed by atoms with Gasteiger partial charge in [0.1, 0.15) is 0 Å². The number of thiazole rings is 1. The van der Waals surface area contributed by atoms with E-state index in [4.69, 9.17) is 0 Å². The monoisotopic (exact) mass is 268 g/mol. The molecule has 0 radical (unpaired) electrons. The Morgan fingerprint density at radius 2 is 2.22 bits per heavy atom. The number of hydrogen-bond acceptors (Lipinski definition) is 5. The standard InChI is InChI=1S/C13H20N2O2S/c1-8-4-5-10(6-9(8)2)14-13-15-11(7-18-13)12(16)17-3/h7-10H,4-6H2,1-3H3,(H,14,15). The van der Waals surface area contributed by atoms with Crippen LogP contribution in [0.25, 0.3) is 0 Å². The summed E-state index contributed by atoms with van der Waals surface area (Å²) in [6.45, 7) is 4.62. The average molecular weight is 268 g/mol. The topological polar surface area (TPSA) is 51.2 Å². The number of nitrogens with one attached hydrogen (secondary N) is 1. The highest BCUT2D eigenvalue weighted by Crippen LogP contribution is 2.31. The van der Waals surface area contributed by atoms with Gasteiger partial charge in [-0.3, -0.25) is 0 Å². The summed E-state index contributed by atoms with van der Waals surface area (Å²) in [6.07, 6.45) is 3.61. The second-order valence-corrected chi connectivity index (χ2v) is 6.00. The molecule has 1 aliphatic rings. The van der Waals surface area contributed by atoms with Crippen LogP contribution in [0.4, 0.5) is 5.13 Å². The van der Waals surface area contributed by atoms with Crippen molar-refractivity contribution in [3.05, 3.63) is 11.1 Å². The van der Waals surface area contributed by atoms with Gasteiger partial charge in [-0.2, -0.15) is 0 Å². The second kappa shape index (κ2) is 5.69. The van der Waals surface area contributed by atoms with Crippen molar-refractivity contribution in [2.24, 2.45) is 11.8 Å². The van der Waals surface area contributed by atoms with Crippen LogP contribution in [0, 0.1) is 11.8 Å². The minimum absolute atomic E-state index is 0.370. The fourth-order valence-corrected chi connectivity index (χ4v) is 3.15. The Morgan fingerprint density at radius 3 is 2.89 bits per heavy atom. The normalized spacial score (nSPS) is 27.8. The van der Waals surface area contributed by atoms with Crippen LogP contribution < -0.4 is 5.32 Å². The number of esters is 1. The third-order valence-electron chi connectivity index (χ3n) is 3.82. The van der Waals surface area contributed by atoms with E-state index in [-0.39, 0.29) is 5.97 Å². The van der Waals surface area contributed by atoms with Gasteiger partial charge in [0.25, 0.3) is 0 Å². The first-order valence-electron chi connectivity index (χ1n) is 6.40. The molecule has 0 saturated heterocycles. The molecule has 2 rings (SSSR count). The highest BCUT2D eigenvalue weighted by Gasteiger charge is 2.25. The van der Waals surface area contributed by atoms with Crippen LogP contribution in [0.3, 0.4) is 0 Å². The van der Waals surface area contributed by atoms with Gasteiger partial charge in [0.2, 0.25) is 0 Å². The Labute approximate surface area is 112 Å². The third kappa shape index (κ3) is 3.02. The Morgan fingerprint density at radius 1 is 1.44 bits per heavy atom. The van der Waals surface area contributed by atoms with Crippen molar-refractivity contribution in [3.63, 3.8) is 0 Å². The summed E-state index contributed by atoms with van der Waals surface area (Å²) >= 11 is 1.47. The van der Waals surface area contributed by atoms with Crippen LogP contribution in [0.15, 0.2) is 5.38 Å². The molecule has 1 saturated carbocycles. The van der Waals surface area contributed by atoms with E-state index in [9.17, 15) is 4.79 Å². The molecule has 18 heavy (non-hydrogen) atoms. The minimum Gasteiger partial charge on any atom is -0.464 e. The van der Waals surface area contributed by atoms with Crippen molar-refractivity contribution in [1.29, 1.82) is 0 Å². The molecule has 0 aromatic carbocycles. The van der Waals surface area contributed by atoms with E-state index in [1.54, 1.807) is 5.38 Å². The molecular formula is C13H20N2O2S. The highest BCUT2D eigenvalue weighted by molar-refractivity contribution is 7.13. The van der Waals surface area contributed by atoms with Crippen LogP contribution in [-0.4, -0.2) is 24.1 Å². The first-order chi connectivity index (χ1) is 8.60. The number of carbonyl (C=O) groups excluding carboxylic acids is 1. The summed E-state index contributed by atoms with van der Waals surface area (Å²) in [4.78, 5) is 15.6. The maximum atomic E-state index is 11.3. The van der Waals surface area contributed by atoms with Gasteiger partial charge >= 0.3 is 5.97 Å². The van der Waals surface area contributed by atoms with Gasteiger partial charge in [0, 0.05) is 11.4 Å². The number of methoxy groups -OCH3 is 1. The van der Waals surface area contributed by atoms with Crippen LogP contribution in [0.2, 0.25) is 0 Å². The number of carbonyl (C=O) groups is 1. The molecule has 3 atom stereocenters. The van der Waals surface area contributed by atoms with E-state index in [1.165, 1.54) is 37.7 Å². The lowest BCUT2D eigenvalue weighted by molar-refractivity contribution is 0.0595. The fraction of sp³-hybridized carbons (Fsp3) is 0.692. The molecule has 1 aromatic rings. The fourth-order valence-electron chi connectivity index (χ4n) is 2.39. The van der Waals surface area contributed by atoms with E-state index in [0.717, 1.165) is 17.0 Å².